The van der Waals surface area contributed by atoms with Crippen LogP contribution in [0.4, 0.5) is 5.82 Å². The third-order valence-electron chi connectivity index (χ3n) is 3.05. The topological polar surface area (TPSA) is 51.4 Å². The maximum absolute atomic E-state index is 5.71. The van der Waals surface area contributed by atoms with Crippen molar-refractivity contribution in [3.8, 4) is 5.88 Å². The van der Waals surface area contributed by atoms with Gasteiger partial charge in [-0.3, -0.25) is 0 Å². The number of pyridine rings is 1. The van der Waals surface area contributed by atoms with Gasteiger partial charge in [0.15, 0.2) is 0 Å². The van der Waals surface area contributed by atoms with Gasteiger partial charge in [0.25, 0.3) is 0 Å². The predicted octanol–water partition coefficient (Wildman–Crippen LogP) is 2.43. The molecular weight excluding hydrogens is 226 g/mol. The Morgan fingerprint density at radius 1 is 1.28 bits per heavy atom. The summed E-state index contributed by atoms with van der Waals surface area (Å²) in [5.41, 5.74) is 5.71. The molecule has 0 fully saturated rings. The van der Waals surface area contributed by atoms with E-state index in [2.05, 4.69) is 23.7 Å². The first-order valence-corrected chi connectivity index (χ1v) is 6.83. The molecule has 18 heavy (non-hydrogen) atoms. The highest BCUT2D eigenvalue weighted by atomic mass is 16.5. The van der Waals surface area contributed by atoms with Crippen molar-refractivity contribution < 1.29 is 4.74 Å². The van der Waals surface area contributed by atoms with Crippen molar-refractivity contribution in [2.24, 2.45) is 5.73 Å². The summed E-state index contributed by atoms with van der Waals surface area (Å²) in [6.45, 7) is 8.46. The van der Waals surface area contributed by atoms with Crippen LogP contribution in [-0.2, 0) is 0 Å². The molecule has 0 aliphatic rings. The van der Waals surface area contributed by atoms with Crippen molar-refractivity contribution in [2.45, 2.75) is 39.7 Å². The monoisotopic (exact) mass is 251 g/mol. The Balaban J connectivity index is 2.93. The molecule has 102 valence electrons. The zero-order valence-corrected chi connectivity index (χ0v) is 11.7. The van der Waals surface area contributed by atoms with E-state index in [0.717, 1.165) is 25.2 Å². The van der Waals surface area contributed by atoms with Gasteiger partial charge in [-0.2, -0.15) is 4.98 Å². The lowest BCUT2D eigenvalue weighted by atomic mass is 10.1. The molecule has 1 rings (SSSR count). The van der Waals surface area contributed by atoms with Crippen LogP contribution in [0.2, 0.25) is 0 Å². The van der Waals surface area contributed by atoms with Crippen LogP contribution < -0.4 is 15.4 Å². The minimum Gasteiger partial charge on any atom is -0.478 e. The van der Waals surface area contributed by atoms with E-state index in [9.17, 15) is 0 Å². The Morgan fingerprint density at radius 2 is 2.00 bits per heavy atom. The van der Waals surface area contributed by atoms with Gasteiger partial charge >= 0.3 is 0 Å². The van der Waals surface area contributed by atoms with Crippen molar-refractivity contribution in [2.75, 3.05) is 24.6 Å². The Hall–Kier alpha value is -1.29. The Labute approximate surface area is 110 Å². The summed E-state index contributed by atoms with van der Waals surface area (Å²) >= 11 is 0. The molecule has 0 bridgehead atoms. The Bertz CT molecular complexity index is 340. The number of aromatic nitrogens is 1. The smallest absolute Gasteiger partial charge is 0.215 e. The summed E-state index contributed by atoms with van der Waals surface area (Å²) in [5, 5.41) is 0. The Morgan fingerprint density at radius 3 is 2.56 bits per heavy atom. The summed E-state index contributed by atoms with van der Waals surface area (Å²) in [4.78, 5) is 6.83. The SMILES string of the molecule is CCOc1cccc(N(CCN)C(CC)CC)n1. The molecule has 0 aliphatic carbocycles. The van der Waals surface area contributed by atoms with Crippen LogP contribution in [0.1, 0.15) is 33.6 Å². The standard InChI is InChI=1S/C14H25N3O/c1-4-12(5-2)17(11-10-15)13-8-7-9-14(16-13)18-6-3/h7-9,12H,4-6,10-11,15H2,1-3H3. The van der Waals surface area contributed by atoms with Gasteiger partial charge in [0, 0.05) is 25.2 Å². The fourth-order valence-corrected chi connectivity index (χ4v) is 2.14. The largest absolute Gasteiger partial charge is 0.478 e. The zero-order valence-electron chi connectivity index (χ0n) is 11.7. The lowest BCUT2D eigenvalue weighted by Crippen LogP contribution is -2.38. The van der Waals surface area contributed by atoms with Gasteiger partial charge in [-0.25, -0.2) is 0 Å². The van der Waals surface area contributed by atoms with E-state index >= 15 is 0 Å². The second kappa shape index (κ2) is 7.93. The minimum atomic E-state index is 0.484. The zero-order chi connectivity index (χ0) is 13.4. The predicted molar refractivity (Wildman–Crippen MR) is 76.2 cm³/mol. The van der Waals surface area contributed by atoms with Crippen molar-refractivity contribution in [1.82, 2.24) is 4.98 Å². The van der Waals surface area contributed by atoms with Crippen LogP contribution >= 0.6 is 0 Å². The van der Waals surface area contributed by atoms with Gasteiger partial charge in [-0.15, -0.1) is 0 Å². The average molecular weight is 251 g/mol. The lowest BCUT2D eigenvalue weighted by molar-refractivity contribution is 0.326. The van der Waals surface area contributed by atoms with E-state index < -0.39 is 0 Å². The number of ether oxygens (including phenoxy) is 1. The molecule has 0 atom stereocenters. The van der Waals surface area contributed by atoms with E-state index in [1.54, 1.807) is 0 Å². The van der Waals surface area contributed by atoms with E-state index in [-0.39, 0.29) is 0 Å². The molecule has 4 heteroatoms. The summed E-state index contributed by atoms with van der Waals surface area (Å²) < 4.78 is 5.45. The molecule has 0 saturated carbocycles. The van der Waals surface area contributed by atoms with Gasteiger partial charge in [-0.1, -0.05) is 19.9 Å². The van der Waals surface area contributed by atoms with Crippen molar-refractivity contribution >= 4 is 5.82 Å². The van der Waals surface area contributed by atoms with Crippen LogP contribution in [-0.4, -0.2) is 30.7 Å². The van der Waals surface area contributed by atoms with Gasteiger partial charge in [0.1, 0.15) is 5.82 Å². The highest BCUT2D eigenvalue weighted by Crippen LogP contribution is 2.20. The van der Waals surface area contributed by atoms with E-state index in [0.29, 0.717) is 25.1 Å². The molecule has 0 spiro atoms. The summed E-state index contributed by atoms with van der Waals surface area (Å²) in [5.74, 6) is 1.64. The van der Waals surface area contributed by atoms with E-state index in [1.807, 2.05) is 25.1 Å². The molecular formula is C14H25N3O. The fraction of sp³-hybridized carbons (Fsp3) is 0.643. The second-order valence-electron chi connectivity index (χ2n) is 4.22. The first-order chi connectivity index (χ1) is 8.76. The average Bonchev–Trinajstić information content (AvgIpc) is 2.40. The maximum Gasteiger partial charge on any atom is 0.215 e. The minimum absolute atomic E-state index is 0.484. The van der Waals surface area contributed by atoms with Crippen LogP contribution in [0.15, 0.2) is 18.2 Å². The molecule has 1 aromatic rings. The van der Waals surface area contributed by atoms with Crippen LogP contribution in [0.5, 0.6) is 5.88 Å². The molecule has 0 amide bonds. The highest BCUT2D eigenvalue weighted by Gasteiger charge is 2.16. The molecule has 0 radical (unpaired) electrons. The normalized spacial score (nSPS) is 10.7. The first kappa shape index (κ1) is 14.8. The molecule has 1 heterocycles. The lowest BCUT2D eigenvalue weighted by Gasteiger charge is -2.31. The molecule has 0 unspecified atom stereocenters. The number of nitrogens with two attached hydrogens (primary N) is 1. The Kier molecular flexibility index (Phi) is 6.50. The fourth-order valence-electron chi connectivity index (χ4n) is 2.14. The van der Waals surface area contributed by atoms with Gasteiger partial charge in [-0.05, 0) is 25.8 Å². The van der Waals surface area contributed by atoms with Gasteiger partial charge in [0.05, 0.1) is 6.61 Å². The van der Waals surface area contributed by atoms with Crippen molar-refractivity contribution in [1.29, 1.82) is 0 Å². The molecule has 2 N–H and O–H groups in total. The molecule has 1 aromatic heterocycles. The van der Waals surface area contributed by atoms with Crippen LogP contribution in [0, 0.1) is 0 Å². The summed E-state index contributed by atoms with van der Waals surface area (Å²) in [6.07, 6.45) is 2.19. The number of rotatable bonds is 8. The molecule has 0 aliphatic heterocycles. The molecule has 4 nitrogen and oxygen atoms in total. The summed E-state index contributed by atoms with van der Waals surface area (Å²) in [6, 6.07) is 6.38. The summed E-state index contributed by atoms with van der Waals surface area (Å²) in [7, 11) is 0. The highest BCUT2D eigenvalue weighted by molar-refractivity contribution is 5.42. The van der Waals surface area contributed by atoms with E-state index in [1.165, 1.54) is 0 Å². The third-order valence-corrected chi connectivity index (χ3v) is 3.05. The van der Waals surface area contributed by atoms with Crippen LogP contribution in [0.3, 0.4) is 0 Å². The third kappa shape index (κ3) is 3.88. The van der Waals surface area contributed by atoms with Crippen molar-refractivity contribution in [3.63, 3.8) is 0 Å². The first-order valence-electron chi connectivity index (χ1n) is 6.83. The van der Waals surface area contributed by atoms with E-state index in [4.69, 9.17) is 10.5 Å². The molecule has 0 saturated heterocycles. The van der Waals surface area contributed by atoms with Gasteiger partial charge in [0.2, 0.25) is 5.88 Å². The number of nitrogens with zero attached hydrogens (tertiary/aromatic N) is 2. The quantitative estimate of drug-likeness (QED) is 0.771. The molecule has 0 aromatic carbocycles. The second-order valence-corrected chi connectivity index (χ2v) is 4.22. The van der Waals surface area contributed by atoms with Gasteiger partial charge < -0.3 is 15.4 Å². The number of hydrogen-bond acceptors (Lipinski definition) is 4. The number of hydrogen-bond donors (Lipinski definition) is 1. The van der Waals surface area contributed by atoms with Crippen LogP contribution in [0.25, 0.3) is 0 Å². The van der Waals surface area contributed by atoms with Crippen molar-refractivity contribution in [3.05, 3.63) is 18.2 Å². The maximum atomic E-state index is 5.71. The number of anilines is 1.